The summed E-state index contributed by atoms with van der Waals surface area (Å²) in [5.41, 5.74) is 1.65. The number of hydrogen-bond donors (Lipinski definition) is 1. The van der Waals surface area contributed by atoms with Crippen LogP contribution in [0.1, 0.15) is 30.4 Å². The molecule has 0 radical (unpaired) electrons. The van der Waals surface area contributed by atoms with Crippen LogP contribution in [-0.4, -0.2) is 53.1 Å². The second kappa shape index (κ2) is 13.5. The fourth-order valence-electron chi connectivity index (χ4n) is 5.07. The number of hydrogen-bond acceptors (Lipinski definition) is 6. The van der Waals surface area contributed by atoms with Gasteiger partial charge in [0.05, 0.1) is 12.1 Å². The van der Waals surface area contributed by atoms with Gasteiger partial charge in [0.2, 0.25) is 5.69 Å². The van der Waals surface area contributed by atoms with Crippen molar-refractivity contribution in [3.05, 3.63) is 101 Å². The molecule has 0 bridgehead atoms. The van der Waals surface area contributed by atoms with Crippen molar-refractivity contribution in [3.63, 3.8) is 0 Å². The smallest absolute Gasteiger partial charge is 0.229 e. The monoisotopic (exact) mass is 571 g/mol. The number of fused-ring (bicyclic) bond motifs is 1. The number of Topliss-reactive ketones (excluding diaryl/α,β-unsaturated/α-hetero) is 1. The molecule has 4 aromatic rings. The van der Waals surface area contributed by atoms with Gasteiger partial charge in [-0.05, 0) is 73.5 Å². The number of likely N-dealkylation sites (tertiary alicyclic amines) is 1. The van der Waals surface area contributed by atoms with Crippen LogP contribution in [0.5, 0.6) is 17.2 Å². The van der Waals surface area contributed by atoms with Gasteiger partial charge < -0.3 is 19.5 Å². The Morgan fingerprint density at radius 1 is 1.00 bits per heavy atom. The first-order chi connectivity index (χ1) is 20.4. The minimum absolute atomic E-state index is 0.0543. The number of benzene rings is 3. The highest BCUT2D eigenvalue weighted by molar-refractivity contribution is 5.91. The van der Waals surface area contributed by atoms with Gasteiger partial charge in [0.1, 0.15) is 47.4 Å². The van der Waals surface area contributed by atoms with E-state index in [4.69, 9.17) is 16.0 Å². The first kappa shape index (κ1) is 29.1. The SMILES string of the molecule is [C-]#[N+]c1cc2c(Oc3ccc(CC(=O)Cc4ccc(F)cc4)c(F)c3)ccnc2cc1OC[C@H](O)CN1CCCCC1. The summed E-state index contributed by atoms with van der Waals surface area (Å²) in [6, 6.07) is 14.8. The molecule has 42 heavy (non-hydrogen) atoms. The van der Waals surface area contributed by atoms with E-state index in [1.165, 1.54) is 42.8 Å². The fourth-order valence-corrected chi connectivity index (χ4v) is 5.07. The third-order valence-electron chi connectivity index (χ3n) is 7.21. The Hall–Kier alpha value is -4.39. The number of pyridine rings is 1. The molecule has 9 heteroatoms. The zero-order chi connectivity index (χ0) is 29.5. The third kappa shape index (κ3) is 7.46. The van der Waals surface area contributed by atoms with Gasteiger partial charge >= 0.3 is 0 Å². The van der Waals surface area contributed by atoms with Crippen LogP contribution in [0.3, 0.4) is 0 Å². The van der Waals surface area contributed by atoms with Crippen molar-refractivity contribution in [1.82, 2.24) is 9.88 Å². The number of rotatable bonds is 11. The molecular formula is C33H31F2N3O4. The minimum Gasteiger partial charge on any atom is -0.502 e. The molecule has 5 rings (SSSR count). The average molecular weight is 572 g/mol. The topological polar surface area (TPSA) is 76.2 Å². The van der Waals surface area contributed by atoms with E-state index in [-0.39, 0.29) is 48.0 Å². The lowest BCUT2D eigenvalue weighted by Gasteiger charge is -2.28. The average Bonchev–Trinajstić information content (AvgIpc) is 2.99. The van der Waals surface area contributed by atoms with Crippen molar-refractivity contribution in [1.29, 1.82) is 0 Å². The second-order valence-electron chi connectivity index (χ2n) is 10.5. The molecule has 0 unspecified atom stereocenters. The van der Waals surface area contributed by atoms with E-state index in [9.17, 15) is 18.7 Å². The van der Waals surface area contributed by atoms with Crippen LogP contribution in [0.4, 0.5) is 14.5 Å². The summed E-state index contributed by atoms with van der Waals surface area (Å²) in [4.78, 5) is 22.6. The molecule has 0 spiro atoms. The number of aliphatic hydroxyl groups excluding tert-OH is 1. The molecule has 1 N–H and O–H groups in total. The van der Waals surface area contributed by atoms with Crippen LogP contribution in [0.2, 0.25) is 0 Å². The Kier molecular flexibility index (Phi) is 9.37. The maximum Gasteiger partial charge on any atom is 0.229 e. The molecule has 3 aromatic carbocycles. The number of aliphatic hydroxyl groups is 1. The summed E-state index contributed by atoms with van der Waals surface area (Å²) in [6.07, 6.45) is 4.31. The molecule has 7 nitrogen and oxygen atoms in total. The summed E-state index contributed by atoms with van der Waals surface area (Å²) in [7, 11) is 0. The van der Waals surface area contributed by atoms with Crippen LogP contribution in [0.25, 0.3) is 15.7 Å². The van der Waals surface area contributed by atoms with Crippen LogP contribution in [0, 0.1) is 18.2 Å². The molecule has 0 amide bonds. The van der Waals surface area contributed by atoms with Gasteiger partial charge in [-0.2, -0.15) is 0 Å². The first-order valence-corrected chi connectivity index (χ1v) is 13.9. The van der Waals surface area contributed by atoms with Gasteiger partial charge in [-0.3, -0.25) is 9.78 Å². The van der Waals surface area contributed by atoms with Crippen LogP contribution in [0.15, 0.2) is 66.9 Å². The molecule has 2 heterocycles. The first-order valence-electron chi connectivity index (χ1n) is 13.9. The van der Waals surface area contributed by atoms with E-state index in [0.717, 1.165) is 25.9 Å². The van der Waals surface area contributed by atoms with Gasteiger partial charge in [0.25, 0.3) is 0 Å². The maximum absolute atomic E-state index is 14.9. The summed E-state index contributed by atoms with van der Waals surface area (Å²) in [6.45, 7) is 10.2. The quantitative estimate of drug-likeness (QED) is 0.209. The van der Waals surface area contributed by atoms with E-state index in [1.807, 2.05) is 0 Å². The van der Waals surface area contributed by atoms with Crippen molar-refractivity contribution in [2.45, 2.75) is 38.2 Å². The van der Waals surface area contributed by atoms with Crippen molar-refractivity contribution < 1.29 is 28.2 Å². The third-order valence-corrected chi connectivity index (χ3v) is 7.21. The Morgan fingerprint density at radius 3 is 2.52 bits per heavy atom. The zero-order valence-electron chi connectivity index (χ0n) is 23.1. The molecule has 216 valence electrons. The molecule has 1 aliphatic rings. The predicted octanol–water partition coefficient (Wildman–Crippen LogP) is 6.44. The Morgan fingerprint density at radius 2 is 1.79 bits per heavy atom. The van der Waals surface area contributed by atoms with Crippen molar-refractivity contribution >= 4 is 22.4 Å². The lowest BCUT2D eigenvalue weighted by Crippen LogP contribution is -2.38. The predicted molar refractivity (Wildman–Crippen MR) is 155 cm³/mol. The summed E-state index contributed by atoms with van der Waals surface area (Å²) >= 11 is 0. The lowest BCUT2D eigenvalue weighted by molar-refractivity contribution is -0.117. The zero-order valence-corrected chi connectivity index (χ0v) is 23.1. The molecule has 1 saturated heterocycles. The fraction of sp³-hybridized carbons (Fsp3) is 0.303. The Labute approximate surface area is 243 Å². The number of nitrogens with zero attached hydrogens (tertiary/aromatic N) is 3. The lowest BCUT2D eigenvalue weighted by atomic mass is 10.0. The Balaban J connectivity index is 1.26. The molecular weight excluding hydrogens is 540 g/mol. The van der Waals surface area contributed by atoms with E-state index in [1.54, 1.807) is 30.5 Å². The largest absolute Gasteiger partial charge is 0.502 e. The van der Waals surface area contributed by atoms with Gasteiger partial charge in [0.15, 0.2) is 0 Å². The van der Waals surface area contributed by atoms with Crippen molar-refractivity contribution in [3.8, 4) is 17.2 Å². The van der Waals surface area contributed by atoms with Gasteiger partial charge in [-0.1, -0.05) is 24.6 Å². The van der Waals surface area contributed by atoms with E-state index in [0.29, 0.717) is 34.5 Å². The van der Waals surface area contributed by atoms with Crippen LogP contribution >= 0.6 is 0 Å². The van der Waals surface area contributed by atoms with Crippen molar-refractivity contribution in [2.75, 3.05) is 26.2 Å². The molecule has 1 aromatic heterocycles. The van der Waals surface area contributed by atoms with Crippen molar-refractivity contribution in [2.24, 2.45) is 0 Å². The molecule has 1 aliphatic heterocycles. The van der Waals surface area contributed by atoms with E-state index >= 15 is 0 Å². The molecule has 0 aliphatic carbocycles. The highest BCUT2D eigenvalue weighted by Crippen LogP contribution is 2.37. The minimum atomic E-state index is -0.684. The standard InChI is InChI=1S/C33H31F2N3O4/c1-36-31-18-28-30(19-33(31)41-21-26(40)20-38-13-3-2-4-14-38)37-12-11-32(28)42-27-10-7-23(29(35)17-27)16-25(39)15-22-5-8-24(34)9-6-22/h5-12,17-19,26,40H,2-4,13-16,20-21H2/t26-/m1/s1. The van der Waals surface area contributed by atoms with E-state index in [2.05, 4.69) is 14.7 Å². The number of carbonyl (C=O) groups excluding carboxylic acids is 1. The summed E-state index contributed by atoms with van der Waals surface area (Å²) in [5.74, 6) is -0.244. The number of carbonyl (C=O) groups is 1. The number of piperidine rings is 1. The summed E-state index contributed by atoms with van der Waals surface area (Å²) in [5, 5.41) is 11.0. The maximum atomic E-state index is 14.9. The second-order valence-corrected chi connectivity index (χ2v) is 10.5. The number of ketones is 1. The molecule has 0 saturated carbocycles. The molecule has 1 atom stereocenters. The van der Waals surface area contributed by atoms with Crippen LogP contribution in [-0.2, 0) is 17.6 Å². The van der Waals surface area contributed by atoms with Gasteiger partial charge in [-0.25, -0.2) is 13.6 Å². The van der Waals surface area contributed by atoms with Gasteiger partial charge in [-0.15, -0.1) is 0 Å². The normalized spacial score (nSPS) is 14.3. The van der Waals surface area contributed by atoms with E-state index < -0.39 is 11.9 Å². The van der Waals surface area contributed by atoms with Crippen LogP contribution < -0.4 is 9.47 Å². The summed E-state index contributed by atoms with van der Waals surface area (Å²) < 4.78 is 39.8. The number of β-amino-alcohol motifs (C(OH)–C–C–N with tert-alkyl or cyclic N) is 1. The highest BCUT2D eigenvalue weighted by atomic mass is 19.1. The van der Waals surface area contributed by atoms with Gasteiger partial charge in [0, 0.05) is 37.0 Å². The highest BCUT2D eigenvalue weighted by Gasteiger charge is 2.18. The molecule has 1 fully saturated rings. The Bertz CT molecular complexity index is 1600. The number of ether oxygens (including phenoxy) is 2. The number of aromatic nitrogens is 1. The number of halogens is 2.